The van der Waals surface area contributed by atoms with Gasteiger partial charge in [0.15, 0.2) is 0 Å². The molecule has 0 fully saturated rings. The number of halogens is 3. The number of ether oxygens (including phenoxy) is 1. The van der Waals surface area contributed by atoms with Gasteiger partial charge in [0, 0.05) is 7.11 Å². The van der Waals surface area contributed by atoms with Gasteiger partial charge in [0.25, 0.3) is 0 Å². The molecule has 21 heavy (non-hydrogen) atoms. The zero-order chi connectivity index (χ0) is 15.4. The SMILES string of the molecule is COCCn1ncc(Br)c1C(NN)c1cccc(Cl)c1Cl. The molecule has 0 aliphatic carbocycles. The average Bonchev–Trinajstić information content (AvgIpc) is 2.83. The van der Waals surface area contributed by atoms with Gasteiger partial charge in [0.05, 0.1) is 45.6 Å². The van der Waals surface area contributed by atoms with Gasteiger partial charge in [-0.15, -0.1) is 0 Å². The molecule has 0 bridgehead atoms. The Morgan fingerprint density at radius 3 is 2.90 bits per heavy atom. The molecule has 1 atom stereocenters. The van der Waals surface area contributed by atoms with Crippen molar-refractivity contribution >= 4 is 39.1 Å². The van der Waals surface area contributed by atoms with E-state index in [1.54, 1.807) is 19.4 Å². The number of hydrazine groups is 1. The van der Waals surface area contributed by atoms with Crippen molar-refractivity contribution in [3.8, 4) is 0 Å². The predicted octanol–water partition coefficient (Wildman–Crippen LogP) is 3.15. The van der Waals surface area contributed by atoms with Crippen LogP contribution < -0.4 is 11.3 Å². The van der Waals surface area contributed by atoms with Crippen LogP contribution in [0.4, 0.5) is 0 Å². The first-order chi connectivity index (χ1) is 10.1. The standard InChI is InChI=1S/C13H15BrCl2N4O/c1-21-6-5-20-13(9(14)7-18-20)12(19-17)8-3-2-4-10(15)11(8)16/h2-4,7,12,19H,5-6,17H2,1H3. The van der Waals surface area contributed by atoms with Crippen LogP contribution >= 0.6 is 39.1 Å². The van der Waals surface area contributed by atoms with Crippen molar-refractivity contribution in [3.05, 3.63) is 50.2 Å². The van der Waals surface area contributed by atoms with E-state index in [0.717, 1.165) is 15.7 Å². The summed E-state index contributed by atoms with van der Waals surface area (Å²) in [5, 5.41) is 5.26. The van der Waals surface area contributed by atoms with Gasteiger partial charge in [-0.1, -0.05) is 35.3 Å². The molecule has 0 aliphatic heterocycles. The van der Waals surface area contributed by atoms with Gasteiger partial charge in [-0.25, -0.2) is 5.43 Å². The first-order valence-corrected chi connectivity index (χ1v) is 7.75. The highest BCUT2D eigenvalue weighted by molar-refractivity contribution is 9.10. The Labute approximate surface area is 141 Å². The van der Waals surface area contributed by atoms with Crippen LogP contribution in [0.15, 0.2) is 28.9 Å². The quantitative estimate of drug-likeness (QED) is 0.584. The van der Waals surface area contributed by atoms with E-state index in [4.69, 9.17) is 33.8 Å². The summed E-state index contributed by atoms with van der Waals surface area (Å²) >= 11 is 15.9. The topological polar surface area (TPSA) is 65.1 Å². The first kappa shape index (κ1) is 16.7. The molecule has 0 spiro atoms. The lowest BCUT2D eigenvalue weighted by Crippen LogP contribution is -2.31. The van der Waals surface area contributed by atoms with Crippen LogP contribution in [0, 0.1) is 0 Å². The van der Waals surface area contributed by atoms with E-state index in [2.05, 4.69) is 26.5 Å². The maximum absolute atomic E-state index is 6.30. The maximum atomic E-state index is 6.30. The van der Waals surface area contributed by atoms with Gasteiger partial charge in [0.2, 0.25) is 0 Å². The molecule has 2 rings (SSSR count). The number of aromatic nitrogens is 2. The molecule has 0 aliphatic rings. The minimum absolute atomic E-state index is 0.343. The summed E-state index contributed by atoms with van der Waals surface area (Å²) in [4.78, 5) is 0. The Bertz CT molecular complexity index is 620. The van der Waals surface area contributed by atoms with Crippen LogP contribution in [0.25, 0.3) is 0 Å². The molecule has 5 nitrogen and oxygen atoms in total. The summed E-state index contributed by atoms with van der Waals surface area (Å²) in [5.74, 6) is 5.74. The molecule has 114 valence electrons. The van der Waals surface area contributed by atoms with Crippen LogP contribution in [0.2, 0.25) is 10.0 Å². The molecule has 1 aromatic heterocycles. The number of rotatable bonds is 6. The smallest absolute Gasteiger partial charge is 0.0904 e. The number of nitrogens with two attached hydrogens (primary N) is 1. The van der Waals surface area contributed by atoms with E-state index >= 15 is 0 Å². The summed E-state index contributed by atoms with van der Waals surface area (Å²) in [5.41, 5.74) is 4.42. The molecule has 2 aromatic rings. The van der Waals surface area contributed by atoms with Crippen LogP contribution in [0.3, 0.4) is 0 Å². The highest BCUT2D eigenvalue weighted by Crippen LogP contribution is 2.35. The van der Waals surface area contributed by atoms with Crippen molar-refractivity contribution in [2.45, 2.75) is 12.6 Å². The van der Waals surface area contributed by atoms with Crippen LogP contribution in [-0.4, -0.2) is 23.5 Å². The number of nitrogens with zero attached hydrogens (tertiary/aromatic N) is 2. The third kappa shape index (κ3) is 3.59. The zero-order valence-corrected chi connectivity index (χ0v) is 14.4. The molecule has 1 aromatic carbocycles. The van der Waals surface area contributed by atoms with Crippen LogP contribution in [0.5, 0.6) is 0 Å². The third-order valence-corrected chi connectivity index (χ3v) is 4.52. The molecular formula is C13H15BrCl2N4O. The van der Waals surface area contributed by atoms with Crippen LogP contribution in [0.1, 0.15) is 17.3 Å². The zero-order valence-electron chi connectivity index (χ0n) is 11.3. The van der Waals surface area contributed by atoms with E-state index < -0.39 is 0 Å². The Hall–Kier alpha value is -0.630. The van der Waals surface area contributed by atoms with E-state index in [1.165, 1.54) is 0 Å². The lowest BCUT2D eigenvalue weighted by molar-refractivity contribution is 0.182. The fraction of sp³-hybridized carbons (Fsp3) is 0.308. The molecule has 3 N–H and O–H groups in total. The van der Waals surface area contributed by atoms with Crippen molar-refractivity contribution in [1.29, 1.82) is 0 Å². The van der Waals surface area contributed by atoms with Gasteiger partial charge >= 0.3 is 0 Å². The monoisotopic (exact) mass is 392 g/mol. The minimum atomic E-state index is -0.343. The highest BCUT2D eigenvalue weighted by atomic mass is 79.9. The number of hydrogen-bond donors (Lipinski definition) is 2. The first-order valence-electron chi connectivity index (χ1n) is 6.20. The van der Waals surface area contributed by atoms with Gasteiger partial charge in [-0.3, -0.25) is 10.5 Å². The molecule has 1 unspecified atom stereocenters. The molecule has 0 saturated heterocycles. The van der Waals surface area contributed by atoms with Crippen molar-refractivity contribution in [1.82, 2.24) is 15.2 Å². The highest BCUT2D eigenvalue weighted by Gasteiger charge is 2.23. The second-order valence-electron chi connectivity index (χ2n) is 4.34. The van der Waals surface area contributed by atoms with Gasteiger partial charge < -0.3 is 4.74 Å². The second kappa shape index (κ2) is 7.58. The summed E-state index contributed by atoms with van der Waals surface area (Å²) in [6.07, 6.45) is 1.72. The second-order valence-corrected chi connectivity index (χ2v) is 5.98. The van der Waals surface area contributed by atoms with Crippen molar-refractivity contribution < 1.29 is 4.74 Å². The Morgan fingerprint density at radius 1 is 1.48 bits per heavy atom. The average molecular weight is 394 g/mol. The van der Waals surface area contributed by atoms with E-state index in [-0.39, 0.29) is 6.04 Å². The summed E-state index contributed by atoms with van der Waals surface area (Å²) < 4.78 is 7.74. The fourth-order valence-corrected chi connectivity index (χ4v) is 3.02. The van der Waals surface area contributed by atoms with E-state index in [0.29, 0.717) is 23.2 Å². The van der Waals surface area contributed by atoms with Gasteiger partial charge in [-0.2, -0.15) is 5.10 Å². The van der Waals surface area contributed by atoms with E-state index in [1.807, 2.05) is 16.8 Å². The Morgan fingerprint density at radius 2 is 2.24 bits per heavy atom. The molecule has 0 saturated carbocycles. The minimum Gasteiger partial charge on any atom is -0.383 e. The normalized spacial score (nSPS) is 12.6. The lowest BCUT2D eigenvalue weighted by Gasteiger charge is -2.20. The fourth-order valence-electron chi connectivity index (χ4n) is 2.07. The van der Waals surface area contributed by atoms with Crippen molar-refractivity contribution in [3.63, 3.8) is 0 Å². The number of benzene rings is 1. The largest absolute Gasteiger partial charge is 0.383 e. The summed E-state index contributed by atoms with van der Waals surface area (Å²) in [7, 11) is 1.64. The van der Waals surface area contributed by atoms with Crippen molar-refractivity contribution in [2.75, 3.05) is 13.7 Å². The molecule has 1 heterocycles. The molecule has 0 radical (unpaired) electrons. The summed E-state index contributed by atoms with van der Waals surface area (Å²) in [6.45, 7) is 1.15. The maximum Gasteiger partial charge on any atom is 0.0904 e. The van der Waals surface area contributed by atoms with Crippen LogP contribution in [-0.2, 0) is 11.3 Å². The predicted molar refractivity (Wildman–Crippen MR) is 87.4 cm³/mol. The lowest BCUT2D eigenvalue weighted by atomic mass is 10.0. The Kier molecular flexibility index (Phi) is 6.04. The number of hydrogen-bond acceptors (Lipinski definition) is 4. The number of nitrogens with one attached hydrogen (secondary N) is 1. The van der Waals surface area contributed by atoms with E-state index in [9.17, 15) is 0 Å². The van der Waals surface area contributed by atoms with Gasteiger partial charge in [0.1, 0.15) is 0 Å². The van der Waals surface area contributed by atoms with Gasteiger partial charge in [-0.05, 0) is 27.6 Å². The molecule has 8 heteroatoms. The Balaban J connectivity index is 2.46. The van der Waals surface area contributed by atoms with Crippen molar-refractivity contribution in [2.24, 2.45) is 5.84 Å². The summed E-state index contributed by atoms with van der Waals surface area (Å²) in [6, 6.07) is 5.10. The molecule has 0 amide bonds. The number of methoxy groups -OCH3 is 1. The third-order valence-electron chi connectivity index (χ3n) is 3.07. The molecular weight excluding hydrogens is 379 g/mol.